The van der Waals surface area contributed by atoms with E-state index in [0.717, 1.165) is 3.57 Å². The summed E-state index contributed by atoms with van der Waals surface area (Å²) in [7, 11) is 0. The van der Waals surface area contributed by atoms with Crippen LogP contribution in [0, 0.1) is 3.57 Å². The molecule has 1 aromatic heterocycles. The fourth-order valence-electron chi connectivity index (χ4n) is 1.11. The van der Waals surface area contributed by atoms with Crippen LogP contribution >= 0.6 is 22.6 Å². The van der Waals surface area contributed by atoms with Crippen LogP contribution < -0.4 is 5.32 Å². The van der Waals surface area contributed by atoms with Gasteiger partial charge in [-0.05, 0) is 46.9 Å². The number of carbonyl (C=O) groups is 1. The first-order valence-electron chi connectivity index (χ1n) is 4.32. The summed E-state index contributed by atoms with van der Waals surface area (Å²) in [4.78, 5) is 18.4. The lowest BCUT2D eigenvalue weighted by atomic mass is 10.2. The summed E-state index contributed by atoms with van der Waals surface area (Å²) in [5.74, 6) is 0.292. The molecule has 15 heavy (non-hydrogen) atoms. The number of aromatic amines is 1. The number of aromatic nitrogens is 2. The minimum Gasteiger partial charge on any atom is -0.331 e. The van der Waals surface area contributed by atoms with Crippen LogP contribution in [0.1, 0.15) is 10.4 Å². The van der Waals surface area contributed by atoms with Gasteiger partial charge in [0.25, 0.3) is 5.91 Å². The molecule has 76 valence electrons. The van der Waals surface area contributed by atoms with Crippen molar-refractivity contribution in [3.05, 3.63) is 45.8 Å². The standard InChI is InChI=1S/C10H8IN3O/c11-8-3-1-7(2-4-8)9(15)14-10-12-5-6-13-10/h1-6H,(H2,12,13,14,15). The van der Waals surface area contributed by atoms with E-state index in [0.29, 0.717) is 11.5 Å². The number of imidazole rings is 1. The maximum absolute atomic E-state index is 11.6. The predicted octanol–water partition coefficient (Wildman–Crippen LogP) is 2.27. The molecule has 0 radical (unpaired) electrons. The van der Waals surface area contributed by atoms with Crippen molar-refractivity contribution >= 4 is 34.4 Å². The van der Waals surface area contributed by atoms with Gasteiger partial charge in [-0.3, -0.25) is 10.1 Å². The van der Waals surface area contributed by atoms with Gasteiger partial charge in [0, 0.05) is 21.5 Å². The molecular weight excluding hydrogens is 305 g/mol. The van der Waals surface area contributed by atoms with E-state index in [-0.39, 0.29) is 5.91 Å². The van der Waals surface area contributed by atoms with Crippen molar-refractivity contribution in [1.82, 2.24) is 9.97 Å². The van der Waals surface area contributed by atoms with Crippen LogP contribution in [0.4, 0.5) is 5.95 Å². The van der Waals surface area contributed by atoms with Crippen molar-refractivity contribution in [2.45, 2.75) is 0 Å². The third-order valence-corrected chi connectivity index (χ3v) is 2.56. The Bertz CT molecular complexity index is 450. The van der Waals surface area contributed by atoms with Crippen LogP contribution in [0.5, 0.6) is 0 Å². The van der Waals surface area contributed by atoms with E-state index in [1.165, 1.54) is 0 Å². The minimum atomic E-state index is -0.165. The largest absolute Gasteiger partial charge is 0.331 e. The molecule has 0 fully saturated rings. The van der Waals surface area contributed by atoms with E-state index >= 15 is 0 Å². The number of hydrogen-bond acceptors (Lipinski definition) is 2. The van der Waals surface area contributed by atoms with Crippen LogP contribution in [-0.2, 0) is 0 Å². The zero-order chi connectivity index (χ0) is 10.7. The van der Waals surface area contributed by atoms with Crippen molar-refractivity contribution in [1.29, 1.82) is 0 Å². The summed E-state index contributed by atoms with van der Waals surface area (Å²) >= 11 is 2.19. The van der Waals surface area contributed by atoms with Gasteiger partial charge in [-0.1, -0.05) is 0 Å². The van der Waals surface area contributed by atoms with Crippen molar-refractivity contribution < 1.29 is 4.79 Å². The highest BCUT2D eigenvalue weighted by atomic mass is 127. The number of halogens is 1. The number of carbonyl (C=O) groups excluding carboxylic acids is 1. The Morgan fingerprint density at radius 3 is 2.67 bits per heavy atom. The van der Waals surface area contributed by atoms with E-state index in [1.807, 2.05) is 12.1 Å². The van der Waals surface area contributed by atoms with E-state index < -0.39 is 0 Å². The molecule has 1 heterocycles. The van der Waals surface area contributed by atoms with Crippen molar-refractivity contribution in [2.24, 2.45) is 0 Å². The number of nitrogens with zero attached hydrogens (tertiary/aromatic N) is 1. The molecule has 2 rings (SSSR count). The van der Waals surface area contributed by atoms with Gasteiger partial charge in [0.15, 0.2) is 0 Å². The highest BCUT2D eigenvalue weighted by molar-refractivity contribution is 14.1. The van der Waals surface area contributed by atoms with Gasteiger partial charge in [-0.2, -0.15) is 0 Å². The van der Waals surface area contributed by atoms with Gasteiger partial charge in [0.2, 0.25) is 5.95 Å². The molecule has 0 saturated heterocycles. The second-order valence-corrected chi connectivity index (χ2v) is 4.14. The first-order valence-corrected chi connectivity index (χ1v) is 5.40. The predicted molar refractivity (Wildman–Crippen MR) is 65.7 cm³/mol. The second-order valence-electron chi connectivity index (χ2n) is 2.90. The highest BCUT2D eigenvalue weighted by Gasteiger charge is 2.06. The molecule has 0 bridgehead atoms. The second kappa shape index (κ2) is 4.43. The minimum absolute atomic E-state index is 0.165. The van der Waals surface area contributed by atoms with Gasteiger partial charge in [-0.15, -0.1) is 0 Å². The molecule has 0 aliphatic rings. The summed E-state index contributed by atoms with van der Waals surface area (Å²) in [5.41, 5.74) is 0.617. The average Bonchev–Trinajstić information content (AvgIpc) is 2.71. The molecule has 1 aromatic carbocycles. The van der Waals surface area contributed by atoms with E-state index in [2.05, 4.69) is 37.9 Å². The zero-order valence-corrected chi connectivity index (χ0v) is 9.86. The number of anilines is 1. The van der Waals surface area contributed by atoms with Gasteiger partial charge < -0.3 is 4.98 Å². The monoisotopic (exact) mass is 313 g/mol. The summed E-state index contributed by atoms with van der Waals surface area (Å²) < 4.78 is 1.10. The number of rotatable bonds is 2. The van der Waals surface area contributed by atoms with Crippen molar-refractivity contribution in [3.8, 4) is 0 Å². The highest BCUT2D eigenvalue weighted by Crippen LogP contribution is 2.08. The summed E-state index contributed by atoms with van der Waals surface area (Å²) in [6.45, 7) is 0. The Kier molecular flexibility index (Phi) is 3.00. The Morgan fingerprint density at radius 2 is 2.07 bits per heavy atom. The topological polar surface area (TPSA) is 57.8 Å². The molecule has 5 heteroatoms. The normalized spacial score (nSPS) is 9.93. The molecule has 2 N–H and O–H groups in total. The van der Waals surface area contributed by atoms with Gasteiger partial charge in [0.05, 0.1) is 0 Å². The first-order chi connectivity index (χ1) is 7.25. The Morgan fingerprint density at radius 1 is 1.33 bits per heavy atom. The first kappa shape index (κ1) is 10.2. The third-order valence-electron chi connectivity index (χ3n) is 1.84. The number of H-pyrrole nitrogens is 1. The Hall–Kier alpha value is -1.37. The van der Waals surface area contributed by atoms with Crippen LogP contribution in [0.15, 0.2) is 36.7 Å². The third kappa shape index (κ3) is 2.56. The summed E-state index contributed by atoms with van der Waals surface area (Å²) in [6, 6.07) is 7.33. The van der Waals surface area contributed by atoms with Crippen molar-refractivity contribution in [2.75, 3.05) is 5.32 Å². The number of amides is 1. The molecule has 1 amide bonds. The lowest BCUT2D eigenvalue weighted by Crippen LogP contribution is -2.12. The van der Waals surface area contributed by atoms with Crippen LogP contribution in [0.3, 0.4) is 0 Å². The molecule has 0 aliphatic heterocycles. The molecule has 2 aromatic rings. The molecule has 0 unspecified atom stereocenters. The van der Waals surface area contributed by atoms with Gasteiger partial charge in [-0.25, -0.2) is 4.98 Å². The number of nitrogens with one attached hydrogen (secondary N) is 2. The molecule has 0 aliphatic carbocycles. The number of benzene rings is 1. The summed E-state index contributed by atoms with van der Waals surface area (Å²) in [5, 5.41) is 2.65. The fraction of sp³-hybridized carbons (Fsp3) is 0. The maximum atomic E-state index is 11.6. The zero-order valence-electron chi connectivity index (χ0n) is 7.70. The Labute approximate surface area is 100 Å². The quantitative estimate of drug-likeness (QED) is 0.836. The lowest BCUT2D eigenvalue weighted by Gasteiger charge is -2.01. The maximum Gasteiger partial charge on any atom is 0.257 e. The SMILES string of the molecule is O=C(Nc1ncc[nH]1)c1ccc(I)cc1. The van der Waals surface area contributed by atoms with Gasteiger partial charge >= 0.3 is 0 Å². The van der Waals surface area contributed by atoms with Crippen molar-refractivity contribution in [3.63, 3.8) is 0 Å². The van der Waals surface area contributed by atoms with Crippen LogP contribution in [0.2, 0.25) is 0 Å². The van der Waals surface area contributed by atoms with E-state index in [4.69, 9.17) is 0 Å². The van der Waals surface area contributed by atoms with E-state index in [1.54, 1.807) is 24.5 Å². The van der Waals surface area contributed by atoms with Crippen LogP contribution in [-0.4, -0.2) is 15.9 Å². The number of hydrogen-bond donors (Lipinski definition) is 2. The van der Waals surface area contributed by atoms with Gasteiger partial charge in [0.1, 0.15) is 0 Å². The van der Waals surface area contributed by atoms with Crippen LogP contribution in [0.25, 0.3) is 0 Å². The van der Waals surface area contributed by atoms with E-state index in [9.17, 15) is 4.79 Å². The summed E-state index contributed by atoms with van der Waals surface area (Å²) in [6.07, 6.45) is 3.24. The molecular formula is C10H8IN3O. The molecule has 0 spiro atoms. The Balaban J connectivity index is 2.11. The molecule has 4 nitrogen and oxygen atoms in total. The fourth-order valence-corrected chi connectivity index (χ4v) is 1.47. The average molecular weight is 313 g/mol. The molecule has 0 saturated carbocycles. The lowest BCUT2D eigenvalue weighted by molar-refractivity contribution is 0.102. The smallest absolute Gasteiger partial charge is 0.257 e. The molecule has 0 atom stereocenters.